The van der Waals surface area contributed by atoms with Crippen molar-refractivity contribution in [3.8, 4) is 0 Å². The third kappa shape index (κ3) is 4.00. The van der Waals surface area contributed by atoms with E-state index < -0.39 is 0 Å². The van der Waals surface area contributed by atoms with Gasteiger partial charge in [0.05, 0.1) is 9.77 Å². The molecule has 0 saturated heterocycles. The van der Waals surface area contributed by atoms with Crippen molar-refractivity contribution in [2.75, 3.05) is 5.32 Å². The van der Waals surface area contributed by atoms with Crippen LogP contribution in [-0.2, 0) is 11.3 Å². The van der Waals surface area contributed by atoms with E-state index in [1.807, 2.05) is 0 Å². The molecule has 0 aliphatic heterocycles. The van der Waals surface area contributed by atoms with Crippen LogP contribution in [0, 0.1) is 3.57 Å². The van der Waals surface area contributed by atoms with Gasteiger partial charge in [0.2, 0.25) is 5.91 Å². The number of nitrogens with two attached hydrogens (primary N) is 1. The van der Waals surface area contributed by atoms with E-state index in [1.54, 1.807) is 41.3 Å². The van der Waals surface area contributed by atoms with Crippen molar-refractivity contribution < 1.29 is 4.79 Å². The van der Waals surface area contributed by atoms with Gasteiger partial charge in [0.25, 0.3) is 0 Å². The van der Waals surface area contributed by atoms with E-state index in [9.17, 15) is 4.79 Å². The van der Waals surface area contributed by atoms with Crippen LogP contribution in [0.25, 0.3) is 0 Å². The maximum absolute atomic E-state index is 11.8. The molecule has 1 amide bonds. The van der Waals surface area contributed by atoms with Crippen molar-refractivity contribution in [2.45, 2.75) is 6.54 Å². The summed E-state index contributed by atoms with van der Waals surface area (Å²) in [7, 11) is 0. The summed E-state index contributed by atoms with van der Waals surface area (Å²) in [6.07, 6.45) is 3.49. The van der Waals surface area contributed by atoms with E-state index in [0.717, 1.165) is 9.13 Å². The van der Waals surface area contributed by atoms with Crippen molar-refractivity contribution in [1.29, 1.82) is 0 Å². The van der Waals surface area contributed by atoms with Crippen LogP contribution in [0.4, 0.5) is 5.69 Å². The number of nitrogens with zero attached hydrogens (tertiary/aromatic N) is 2. The van der Waals surface area contributed by atoms with Gasteiger partial charge in [-0.1, -0.05) is 24.4 Å². The molecule has 0 unspecified atom stereocenters. The second-order valence-corrected chi connectivity index (χ2v) is 5.53. The highest BCUT2D eigenvalue weighted by molar-refractivity contribution is 14.1. The second kappa shape index (κ2) is 6.11. The van der Waals surface area contributed by atoms with Crippen LogP contribution in [0.3, 0.4) is 0 Å². The third-order valence-electron chi connectivity index (χ3n) is 2.34. The van der Waals surface area contributed by atoms with Crippen molar-refractivity contribution in [3.05, 3.63) is 45.8 Å². The van der Waals surface area contributed by atoms with Crippen LogP contribution in [0.1, 0.15) is 5.56 Å². The first-order valence-corrected chi connectivity index (χ1v) is 6.91. The normalized spacial score (nSPS) is 10.2. The number of anilines is 1. The average molecular weight is 386 g/mol. The van der Waals surface area contributed by atoms with Gasteiger partial charge in [-0.2, -0.15) is 5.10 Å². The van der Waals surface area contributed by atoms with E-state index in [2.05, 4.69) is 33.0 Å². The highest BCUT2D eigenvalue weighted by atomic mass is 127. The maximum atomic E-state index is 11.8. The lowest BCUT2D eigenvalue weighted by Crippen LogP contribution is -2.19. The highest BCUT2D eigenvalue weighted by Gasteiger charge is 2.05. The van der Waals surface area contributed by atoms with Crippen LogP contribution < -0.4 is 11.1 Å². The molecule has 98 valence electrons. The fourth-order valence-corrected chi connectivity index (χ4v) is 2.10. The Morgan fingerprint density at radius 2 is 2.32 bits per heavy atom. The van der Waals surface area contributed by atoms with Crippen molar-refractivity contribution in [3.63, 3.8) is 0 Å². The molecule has 19 heavy (non-hydrogen) atoms. The number of carbonyl (C=O) groups excluding carboxylic acids is 1. The molecule has 0 atom stereocenters. The first-order valence-electron chi connectivity index (χ1n) is 5.42. The summed E-state index contributed by atoms with van der Waals surface area (Å²) >= 11 is 7.03. The van der Waals surface area contributed by atoms with Gasteiger partial charge in [0.1, 0.15) is 11.5 Å². The fourth-order valence-electron chi connectivity index (χ4n) is 1.52. The summed E-state index contributed by atoms with van der Waals surface area (Å²) < 4.78 is 2.56. The molecular weight excluding hydrogens is 375 g/mol. The maximum Gasteiger partial charge on any atom is 0.246 e. The van der Waals surface area contributed by atoms with Crippen LogP contribution in [0.15, 0.2) is 36.7 Å². The summed E-state index contributed by atoms with van der Waals surface area (Å²) in [4.78, 5) is 12.1. The number of benzene rings is 1. The minimum atomic E-state index is -0.153. The quantitative estimate of drug-likeness (QED) is 0.621. The number of thiocarbonyl (C=S) groups is 1. The molecule has 0 spiro atoms. The zero-order valence-corrected chi connectivity index (χ0v) is 12.8. The van der Waals surface area contributed by atoms with Gasteiger partial charge in [-0.15, -0.1) is 0 Å². The van der Waals surface area contributed by atoms with Crippen LogP contribution in [-0.4, -0.2) is 20.7 Å². The molecule has 0 saturated carbocycles. The molecule has 0 radical (unpaired) electrons. The van der Waals surface area contributed by atoms with Crippen LogP contribution >= 0.6 is 34.8 Å². The lowest BCUT2D eigenvalue weighted by atomic mass is 10.2. The number of aromatic nitrogens is 2. The molecule has 0 fully saturated rings. The smallest absolute Gasteiger partial charge is 0.246 e. The van der Waals surface area contributed by atoms with Crippen molar-refractivity contribution in [2.24, 2.45) is 5.73 Å². The van der Waals surface area contributed by atoms with Crippen LogP contribution in [0.5, 0.6) is 0 Å². The summed E-state index contributed by atoms with van der Waals surface area (Å²) in [5.74, 6) is -0.153. The predicted molar refractivity (Wildman–Crippen MR) is 85.9 cm³/mol. The van der Waals surface area contributed by atoms with Gasteiger partial charge in [0, 0.05) is 17.4 Å². The van der Waals surface area contributed by atoms with E-state index >= 15 is 0 Å². The highest BCUT2D eigenvalue weighted by Crippen LogP contribution is 2.10. The van der Waals surface area contributed by atoms with E-state index in [0.29, 0.717) is 10.7 Å². The van der Waals surface area contributed by atoms with Gasteiger partial charge in [-0.05, 0) is 34.7 Å². The first kappa shape index (κ1) is 13.9. The Kier molecular flexibility index (Phi) is 4.48. The fraction of sp³-hybridized carbons (Fsp3) is 0.0833. The van der Waals surface area contributed by atoms with Gasteiger partial charge < -0.3 is 11.1 Å². The lowest BCUT2D eigenvalue weighted by molar-refractivity contribution is -0.116. The molecule has 0 aliphatic carbocycles. The first-order chi connectivity index (χ1) is 9.04. The van der Waals surface area contributed by atoms with E-state index in [1.165, 1.54) is 0 Å². The largest absolute Gasteiger partial charge is 0.389 e. The molecule has 1 aromatic carbocycles. The topological polar surface area (TPSA) is 72.9 Å². The van der Waals surface area contributed by atoms with Crippen molar-refractivity contribution in [1.82, 2.24) is 9.78 Å². The molecule has 0 bridgehead atoms. The monoisotopic (exact) mass is 386 g/mol. The number of hydrogen-bond acceptors (Lipinski definition) is 3. The Hall–Kier alpha value is -1.48. The van der Waals surface area contributed by atoms with Gasteiger partial charge in [-0.3, -0.25) is 9.48 Å². The molecule has 7 heteroatoms. The summed E-state index contributed by atoms with van der Waals surface area (Å²) in [6.45, 7) is 0.167. The van der Waals surface area contributed by atoms with Gasteiger partial charge >= 0.3 is 0 Å². The molecular formula is C12H11IN4OS. The Morgan fingerprint density at radius 1 is 1.53 bits per heavy atom. The molecule has 5 nitrogen and oxygen atoms in total. The summed E-state index contributed by atoms with van der Waals surface area (Å²) in [5.41, 5.74) is 6.93. The molecule has 2 aromatic rings. The van der Waals surface area contributed by atoms with Crippen LogP contribution in [0.2, 0.25) is 0 Å². The summed E-state index contributed by atoms with van der Waals surface area (Å²) in [5, 5.41) is 6.83. The second-order valence-electron chi connectivity index (χ2n) is 3.85. The number of hydrogen-bond donors (Lipinski definition) is 2. The number of carbonyl (C=O) groups is 1. The Morgan fingerprint density at radius 3 is 2.95 bits per heavy atom. The van der Waals surface area contributed by atoms with Gasteiger partial charge in [0.15, 0.2) is 0 Å². The molecule has 3 N–H and O–H groups in total. The Balaban J connectivity index is 2.02. The lowest BCUT2D eigenvalue weighted by Gasteiger charge is -2.07. The van der Waals surface area contributed by atoms with Gasteiger partial charge in [-0.25, -0.2) is 0 Å². The SMILES string of the molecule is NC(=S)c1cccc(NC(=O)Cn2cc(I)cn2)c1. The number of amides is 1. The average Bonchev–Trinajstić information content (AvgIpc) is 2.74. The standard InChI is InChI=1S/C12H11IN4OS/c13-9-5-15-17(6-9)7-11(18)16-10-3-1-2-8(4-10)12(14)19/h1-6H,7H2,(H2,14,19)(H,16,18). The van der Waals surface area contributed by atoms with Crippen molar-refractivity contribution >= 4 is 51.4 Å². The molecule has 2 rings (SSSR count). The zero-order valence-electron chi connectivity index (χ0n) is 9.84. The minimum Gasteiger partial charge on any atom is -0.389 e. The molecule has 1 heterocycles. The van der Waals surface area contributed by atoms with E-state index in [4.69, 9.17) is 18.0 Å². The Bertz CT molecular complexity index is 626. The zero-order chi connectivity index (χ0) is 13.8. The number of nitrogens with one attached hydrogen (secondary N) is 1. The predicted octanol–water partition coefficient (Wildman–Crippen LogP) is 1.76. The summed E-state index contributed by atoms with van der Waals surface area (Å²) in [6, 6.07) is 7.12. The molecule has 1 aromatic heterocycles. The number of rotatable bonds is 4. The minimum absolute atomic E-state index is 0.153. The third-order valence-corrected chi connectivity index (χ3v) is 3.13. The number of halogens is 1. The van der Waals surface area contributed by atoms with E-state index in [-0.39, 0.29) is 12.5 Å². The Labute approximate surface area is 129 Å². The molecule has 0 aliphatic rings.